The number of aromatic nitrogens is 1. The molecule has 3 aliphatic rings. The fraction of sp³-hybridized carbons (Fsp3) is 0.591. The zero-order chi connectivity index (χ0) is 19.3. The van der Waals surface area contributed by atoms with Crippen LogP contribution in [0.15, 0.2) is 24.3 Å². The molecule has 3 saturated heterocycles. The van der Waals surface area contributed by atoms with Crippen molar-refractivity contribution >= 4 is 33.4 Å². The largest absolute Gasteiger partial charge is 0.336 e. The summed E-state index contributed by atoms with van der Waals surface area (Å²) in [5.74, 6) is 1.22. The van der Waals surface area contributed by atoms with Gasteiger partial charge in [-0.25, -0.2) is 4.98 Å². The monoisotopic (exact) mass is 397 g/mol. The molecule has 148 valence electrons. The summed E-state index contributed by atoms with van der Waals surface area (Å²) in [5.41, 5.74) is 0.904. The van der Waals surface area contributed by atoms with E-state index in [1.807, 2.05) is 29.2 Å². The van der Waals surface area contributed by atoms with Gasteiger partial charge < -0.3 is 9.80 Å². The van der Waals surface area contributed by atoms with Crippen molar-refractivity contribution in [2.24, 2.45) is 11.8 Å². The fourth-order valence-electron chi connectivity index (χ4n) is 5.71. The van der Waals surface area contributed by atoms with Crippen molar-refractivity contribution in [3.05, 3.63) is 29.3 Å². The van der Waals surface area contributed by atoms with Gasteiger partial charge in [0.1, 0.15) is 0 Å². The van der Waals surface area contributed by atoms with E-state index < -0.39 is 0 Å². The van der Waals surface area contributed by atoms with Gasteiger partial charge in [-0.05, 0) is 49.7 Å². The Balaban J connectivity index is 1.42. The van der Waals surface area contributed by atoms with Crippen LogP contribution in [0.5, 0.6) is 0 Å². The number of carbonyl (C=O) groups is 2. The summed E-state index contributed by atoms with van der Waals surface area (Å²) in [7, 11) is 0. The van der Waals surface area contributed by atoms with Gasteiger partial charge in [-0.15, -0.1) is 11.3 Å². The molecule has 1 aromatic carbocycles. The molecule has 2 aromatic rings. The van der Waals surface area contributed by atoms with E-state index in [0.29, 0.717) is 41.3 Å². The predicted octanol–water partition coefficient (Wildman–Crippen LogP) is 3.94. The third kappa shape index (κ3) is 2.93. The molecule has 6 heteroatoms. The number of nitrogens with zero attached hydrogens (tertiary/aromatic N) is 3. The van der Waals surface area contributed by atoms with Crippen LogP contribution >= 0.6 is 11.3 Å². The van der Waals surface area contributed by atoms with Gasteiger partial charge in [-0.2, -0.15) is 0 Å². The van der Waals surface area contributed by atoms with Crippen LogP contribution in [-0.2, 0) is 4.79 Å². The molecule has 0 radical (unpaired) electrons. The van der Waals surface area contributed by atoms with Crippen molar-refractivity contribution in [1.82, 2.24) is 14.8 Å². The summed E-state index contributed by atoms with van der Waals surface area (Å²) < 4.78 is 1.07. The Morgan fingerprint density at radius 2 is 2.07 bits per heavy atom. The maximum Gasteiger partial charge on any atom is 0.282 e. The van der Waals surface area contributed by atoms with Crippen LogP contribution < -0.4 is 0 Å². The van der Waals surface area contributed by atoms with Crippen LogP contribution in [0.1, 0.15) is 55.3 Å². The lowest BCUT2D eigenvalue weighted by molar-refractivity contribution is -0.152. The molecule has 0 saturated carbocycles. The average molecular weight is 398 g/mol. The molecule has 0 unspecified atom stereocenters. The van der Waals surface area contributed by atoms with E-state index in [1.54, 1.807) is 0 Å². The van der Waals surface area contributed by atoms with Gasteiger partial charge in [0.25, 0.3) is 5.91 Å². The molecule has 3 fully saturated rings. The lowest BCUT2D eigenvalue weighted by atomic mass is 9.71. The van der Waals surface area contributed by atoms with Crippen LogP contribution in [0.3, 0.4) is 0 Å². The first-order valence-electron chi connectivity index (χ1n) is 10.6. The average Bonchev–Trinajstić information content (AvgIpc) is 3.15. The molecule has 28 heavy (non-hydrogen) atoms. The van der Waals surface area contributed by atoms with E-state index in [2.05, 4.69) is 16.8 Å². The second-order valence-electron chi connectivity index (χ2n) is 8.57. The topological polar surface area (TPSA) is 53.5 Å². The second kappa shape index (κ2) is 7.14. The van der Waals surface area contributed by atoms with Crippen molar-refractivity contribution in [3.63, 3.8) is 0 Å². The van der Waals surface area contributed by atoms with Gasteiger partial charge in [-0.3, -0.25) is 9.59 Å². The third-order valence-corrected chi connectivity index (χ3v) is 7.87. The normalized spacial score (nSPS) is 29.8. The molecule has 2 bridgehead atoms. The number of thiazole rings is 1. The number of amides is 2. The summed E-state index contributed by atoms with van der Waals surface area (Å²) in [6.07, 6.45) is 6.06. The zero-order valence-corrected chi connectivity index (χ0v) is 17.2. The number of piperidine rings is 3. The molecule has 5 rings (SSSR count). The summed E-state index contributed by atoms with van der Waals surface area (Å²) in [6.45, 7) is 3.72. The van der Waals surface area contributed by atoms with Crippen molar-refractivity contribution in [2.75, 3.05) is 13.1 Å². The Hall–Kier alpha value is -1.95. The Morgan fingerprint density at radius 3 is 2.89 bits per heavy atom. The van der Waals surface area contributed by atoms with Crippen molar-refractivity contribution in [1.29, 1.82) is 0 Å². The van der Waals surface area contributed by atoms with Gasteiger partial charge in [0.15, 0.2) is 5.01 Å². The smallest absolute Gasteiger partial charge is 0.282 e. The molecule has 4 heterocycles. The maximum absolute atomic E-state index is 13.3. The molecular formula is C22H27N3O2S. The summed E-state index contributed by atoms with van der Waals surface area (Å²) in [5, 5.41) is 0.602. The number of fused-ring (bicyclic) bond motifs is 5. The molecule has 4 atom stereocenters. The summed E-state index contributed by atoms with van der Waals surface area (Å²) in [4.78, 5) is 34.9. The van der Waals surface area contributed by atoms with E-state index in [1.165, 1.54) is 11.3 Å². The number of carbonyl (C=O) groups excluding carboxylic acids is 2. The number of hydrogen-bond acceptors (Lipinski definition) is 4. The van der Waals surface area contributed by atoms with E-state index in [4.69, 9.17) is 0 Å². The van der Waals surface area contributed by atoms with Gasteiger partial charge >= 0.3 is 0 Å². The Bertz CT molecular complexity index is 877. The van der Waals surface area contributed by atoms with Crippen molar-refractivity contribution in [2.45, 2.75) is 57.5 Å². The predicted molar refractivity (Wildman–Crippen MR) is 110 cm³/mol. The highest BCUT2D eigenvalue weighted by atomic mass is 32.1. The number of likely N-dealkylation sites (tertiary alicyclic amines) is 1. The molecule has 2 amide bonds. The van der Waals surface area contributed by atoms with Crippen molar-refractivity contribution < 1.29 is 9.59 Å². The zero-order valence-electron chi connectivity index (χ0n) is 16.3. The third-order valence-electron chi connectivity index (χ3n) is 6.85. The van der Waals surface area contributed by atoms with Crippen LogP contribution in [0.4, 0.5) is 0 Å². The minimum absolute atomic E-state index is 0.0711. The minimum atomic E-state index is 0.0711. The first-order valence-corrected chi connectivity index (χ1v) is 11.4. The van der Waals surface area contributed by atoms with Crippen LogP contribution in [0, 0.1) is 11.8 Å². The Morgan fingerprint density at radius 1 is 1.25 bits per heavy atom. The molecule has 0 N–H and O–H groups in total. The summed E-state index contributed by atoms with van der Waals surface area (Å²) >= 11 is 1.49. The van der Waals surface area contributed by atoms with Gasteiger partial charge in [-0.1, -0.05) is 25.5 Å². The second-order valence-corrected chi connectivity index (χ2v) is 9.60. The number of rotatable bonds is 3. The highest BCUT2D eigenvalue weighted by molar-refractivity contribution is 7.20. The van der Waals surface area contributed by atoms with Gasteiger partial charge in [0.2, 0.25) is 5.91 Å². The van der Waals surface area contributed by atoms with Crippen molar-refractivity contribution in [3.8, 4) is 0 Å². The lowest BCUT2D eigenvalue weighted by Crippen LogP contribution is -2.65. The molecule has 1 aromatic heterocycles. The van der Waals surface area contributed by atoms with Crippen LogP contribution in [-0.4, -0.2) is 51.8 Å². The van der Waals surface area contributed by atoms with E-state index in [-0.39, 0.29) is 5.91 Å². The summed E-state index contributed by atoms with van der Waals surface area (Å²) in [6, 6.07) is 8.56. The van der Waals surface area contributed by atoms with E-state index in [9.17, 15) is 9.59 Å². The minimum Gasteiger partial charge on any atom is -0.336 e. The molecule has 0 spiro atoms. The Kier molecular flexibility index (Phi) is 4.62. The first-order chi connectivity index (χ1) is 13.7. The van der Waals surface area contributed by atoms with Crippen LogP contribution in [0.25, 0.3) is 10.2 Å². The highest BCUT2D eigenvalue weighted by Crippen LogP contribution is 2.43. The SMILES string of the molecule is CCC[C@H]1[C@H]2C[C@H](CN(C(=O)c3nc4ccccc4s3)C2)[C@@H]2CCCC(=O)N21. The maximum atomic E-state index is 13.3. The van der Waals surface area contributed by atoms with E-state index in [0.717, 1.165) is 55.4 Å². The Labute approximate surface area is 169 Å². The molecule has 5 nitrogen and oxygen atoms in total. The van der Waals surface area contributed by atoms with Gasteiger partial charge in [0, 0.05) is 31.6 Å². The highest BCUT2D eigenvalue weighted by Gasteiger charge is 2.49. The number of benzene rings is 1. The van der Waals surface area contributed by atoms with Gasteiger partial charge in [0.05, 0.1) is 10.2 Å². The quantitative estimate of drug-likeness (QED) is 0.788. The molecule has 0 aliphatic carbocycles. The molecule has 3 aliphatic heterocycles. The molecular weight excluding hydrogens is 370 g/mol. The van der Waals surface area contributed by atoms with E-state index >= 15 is 0 Å². The number of hydrogen-bond donors (Lipinski definition) is 0. The van der Waals surface area contributed by atoms with Crippen LogP contribution in [0.2, 0.25) is 0 Å². The number of para-hydroxylation sites is 1. The lowest BCUT2D eigenvalue weighted by Gasteiger charge is -2.56. The standard InChI is InChI=1S/C22H27N3O2S/c1-2-6-17-14-11-15(18-8-5-10-20(26)25(17)18)13-24(12-14)22(27)21-23-16-7-3-4-9-19(16)28-21/h3-4,7,9,14-15,17-18H,2,5-6,8,10-13H2,1H3/t14-,15+,17-,18-/m0/s1. The first kappa shape index (κ1) is 18.1. The fourth-order valence-corrected chi connectivity index (χ4v) is 6.64.